The molecule has 11 atom stereocenters. The number of hydrogen-bond donors (Lipinski definition) is 4. The Morgan fingerprint density at radius 1 is 0.823 bits per heavy atom. The van der Waals surface area contributed by atoms with Crippen LogP contribution in [-0.2, 0) is 38.1 Å². The molecule has 2 bridgehead atoms. The molecule has 62 heavy (non-hydrogen) atoms. The Hall–Kier alpha value is -5.54. The van der Waals surface area contributed by atoms with Crippen LogP contribution in [0.2, 0.25) is 0 Å². The van der Waals surface area contributed by atoms with E-state index in [0.717, 1.165) is 6.92 Å². The fourth-order valence-electron chi connectivity index (χ4n) is 10.3. The van der Waals surface area contributed by atoms with Gasteiger partial charge in [-0.1, -0.05) is 80.6 Å². The maximum absolute atomic E-state index is 15.5. The van der Waals surface area contributed by atoms with Gasteiger partial charge in [0.05, 0.1) is 41.3 Å². The fraction of sp³-hybridized carbons (Fsp3) is 0.458. The lowest BCUT2D eigenvalue weighted by molar-refractivity contribution is -0.225. The molecule has 4 aliphatic rings. The first-order valence-corrected chi connectivity index (χ1v) is 20.8. The van der Waals surface area contributed by atoms with Crippen molar-refractivity contribution < 1.29 is 63.0 Å². The van der Waals surface area contributed by atoms with Crippen LogP contribution in [0.5, 0.6) is 0 Å². The second kappa shape index (κ2) is 16.6. The van der Waals surface area contributed by atoms with Crippen LogP contribution in [-0.4, -0.2) is 99.5 Å². The number of carbonyl (C=O) groups excluding carboxylic acids is 6. The van der Waals surface area contributed by atoms with E-state index in [0.29, 0.717) is 5.56 Å². The molecule has 1 aliphatic heterocycles. The van der Waals surface area contributed by atoms with Gasteiger partial charge >= 0.3 is 17.9 Å². The molecule has 0 spiro atoms. The molecule has 0 aromatic heterocycles. The smallest absolute Gasteiger partial charge is 0.338 e. The number of rotatable bonds is 10. The summed E-state index contributed by atoms with van der Waals surface area (Å²) in [6.07, 6.45) is -10.1. The van der Waals surface area contributed by atoms with Crippen molar-refractivity contribution in [3.05, 3.63) is 119 Å². The number of amides is 1. The zero-order valence-electron chi connectivity index (χ0n) is 35.5. The Bertz CT molecular complexity index is 2280. The van der Waals surface area contributed by atoms with Crippen LogP contribution in [0.3, 0.4) is 0 Å². The van der Waals surface area contributed by atoms with E-state index in [1.165, 1.54) is 26.0 Å². The van der Waals surface area contributed by atoms with Crippen LogP contribution >= 0.6 is 0 Å². The van der Waals surface area contributed by atoms with Gasteiger partial charge in [0.2, 0.25) is 0 Å². The van der Waals surface area contributed by atoms with Gasteiger partial charge in [0.15, 0.2) is 18.0 Å². The molecule has 14 heteroatoms. The maximum Gasteiger partial charge on any atom is 0.338 e. The summed E-state index contributed by atoms with van der Waals surface area (Å²) in [5.41, 5.74) is -6.08. The molecule has 2 saturated carbocycles. The van der Waals surface area contributed by atoms with Gasteiger partial charge in [0.1, 0.15) is 23.6 Å². The molecule has 3 aromatic carbocycles. The first-order valence-electron chi connectivity index (χ1n) is 20.8. The molecule has 3 aliphatic carbocycles. The highest BCUT2D eigenvalue weighted by atomic mass is 16.6. The monoisotopic (exact) mass is 851 g/mol. The SMILES string of the molecule is CC(=O)O[C@H]1C(=O)[C@@]2(C)C(C[C@]3(C(C)=O)CO[C@@H]3C[C@@H]2O)[C@H](OC(=O)c2ccccc2)[C@]2(O)C[C@H](OC(=O)[C@H](O)[C@@H](NC(=O)c3ccccc3)c3ccccc3)C(C)=C1C2(C)C. The summed E-state index contributed by atoms with van der Waals surface area (Å²) >= 11 is 0. The van der Waals surface area contributed by atoms with Gasteiger partial charge in [0, 0.05) is 36.7 Å². The van der Waals surface area contributed by atoms with Crippen LogP contribution in [0.1, 0.15) is 93.1 Å². The fourth-order valence-corrected chi connectivity index (χ4v) is 10.3. The van der Waals surface area contributed by atoms with Crippen molar-refractivity contribution in [1.82, 2.24) is 5.32 Å². The van der Waals surface area contributed by atoms with Crippen LogP contribution < -0.4 is 5.32 Å². The Morgan fingerprint density at radius 2 is 1.40 bits per heavy atom. The van der Waals surface area contributed by atoms with E-state index in [4.69, 9.17) is 18.9 Å². The third kappa shape index (κ3) is 7.36. The highest BCUT2D eigenvalue weighted by molar-refractivity contribution is 5.96. The Labute approximate surface area is 359 Å². The van der Waals surface area contributed by atoms with Crippen molar-refractivity contribution in [3.63, 3.8) is 0 Å². The first kappa shape index (κ1) is 44.5. The van der Waals surface area contributed by atoms with Gasteiger partial charge in [0.25, 0.3) is 5.91 Å². The predicted octanol–water partition coefficient (Wildman–Crippen LogP) is 4.40. The van der Waals surface area contributed by atoms with E-state index in [-0.39, 0.29) is 47.5 Å². The third-order valence-electron chi connectivity index (χ3n) is 14.2. The van der Waals surface area contributed by atoms with Gasteiger partial charge in [-0.25, -0.2) is 9.59 Å². The zero-order valence-corrected chi connectivity index (χ0v) is 35.5. The second-order valence-electron chi connectivity index (χ2n) is 17.9. The highest BCUT2D eigenvalue weighted by Gasteiger charge is 2.72. The number of carbonyl (C=O) groups is 6. The summed E-state index contributed by atoms with van der Waals surface area (Å²) < 4.78 is 24.3. The molecule has 3 fully saturated rings. The average molecular weight is 852 g/mol. The molecule has 7 rings (SSSR count). The van der Waals surface area contributed by atoms with Gasteiger partial charge < -0.3 is 39.6 Å². The molecule has 1 unspecified atom stereocenters. The molecule has 14 nitrogen and oxygen atoms in total. The van der Waals surface area contributed by atoms with Crippen molar-refractivity contribution in [3.8, 4) is 0 Å². The van der Waals surface area contributed by atoms with E-state index in [2.05, 4.69) is 5.32 Å². The topological polar surface area (TPSA) is 212 Å². The number of benzene rings is 3. The normalized spacial score (nSPS) is 32.1. The van der Waals surface area contributed by atoms with Gasteiger partial charge in [-0.2, -0.15) is 0 Å². The van der Waals surface area contributed by atoms with Crippen molar-refractivity contribution in [2.24, 2.45) is 22.2 Å². The molecule has 328 valence electrons. The summed E-state index contributed by atoms with van der Waals surface area (Å²) in [5, 5.41) is 40.4. The van der Waals surface area contributed by atoms with Crippen LogP contribution in [0.15, 0.2) is 102 Å². The number of Topliss-reactive ketones (excluding diaryl/α,β-unsaturated/α-hetero) is 2. The molecule has 1 saturated heterocycles. The molecule has 0 radical (unpaired) electrons. The highest BCUT2D eigenvalue weighted by Crippen LogP contribution is 2.63. The number of hydrogen-bond acceptors (Lipinski definition) is 13. The number of esters is 3. The largest absolute Gasteiger partial charge is 0.456 e. The number of aliphatic hydroxyl groups is 3. The second-order valence-corrected chi connectivity index (χ2v) is 17.9. The van der Waals surface area contributed by atoms with Gasteiger partial charge in [-0.15, -0.1) is 0 Å². The Kier molecular flexibility index (Phi) is 11.9. The molecule has 4 N–H and O–H groups in total. The van der Waals surface area contributed by atoms with Crippen molar-refractivity contribution in [2.45, 2.75) is 109 Å². The summed E-state index contributed by atoms with van der Waals surface area (Å²) in [5.74, 6) is -5.91. The molecular weight excluding hydrogens is 799 g/mol. The maximum atomic E-state index is 15.5. The average Bonchev–Trinajstić information content (AvgIpc) is 3.30. The summed E-state index contributed by atoms with van der Waals surface area (Å²) in [7, 11) is 0. The van der Waals surface area contributed by atoms with Crippen LogP contribution in [0.4, 0.5) is 0 Å². The summed E-state index contributed by atoms with van der Waals surface area (Å²) in [4.78, 5) is 84.1. The number of ketones is 2. The van der Waals surface area contributed by atoms with E-state index in [9.17, 15) is 39.3 Å². The lowest BCUT2D eigenvalue weighted by atomic mass is 9.49. The zero-order chi connectivity index (χ0) is 44.9. The summed E-state index contributed by atoms with van der Waals surface area (Å²) in [6, 6.07) is 23.2. The van der Waals surface area contributed by atoms with Crippen molar-refractivity contribution in [2.75, 3.05) is 6.61 Å². The Morgan fingerprint density at radius 3 is 1.95 bits per heavy atom. The van der Waals surface area contributed by atoms with E-state index in [1.54, 1.807) is 99.6 Å². The number of nitrogens with one attached hydrogen (secondary N) is 1. The standard InChI is InChI=1S/C48H53NO13/c1-26-33(61-44(57)38(53)37(29-16-10-7-11-17-29)49-42(55)30-18-12-8-13-19-30)24-48(58)41(62-43(56)31-20-14-9-15-21-31)32-23-47(27(2)50)25-59-35(47)22-34(52)46(32,6)40(54)39(60-28(3)51)36(26)45(48,4)5/h7-21,32-35,37-39,41,52-53,58H,22-25H2,1-6H3,(H,49,55)/t32?,33-,34-,35+,37-,38+,39+,41-,46-,47+,48+/m0/s1. The molecule has 1 amide bonds. The van der Waals surface area contributed by atoms with Crippen LogP contribution in [0.25, 0.3) is 0 Å². The predicted molar refractivity (Wildman–Crippen MR) is 221 cm³/mol. The molecule has 1 heterocycles. The Balaban J connectivity index is 1.37. The minimum atomic E-state index is -2.30. The van der Waals surface area contributed by atoms with Gasteiger partial charge in [-0.3, -0.25) is 19.2 Å². The van der Waals surface area contributed by atoms with Crippen molar-refractivity contribution >= 4 is 35.4 Å². The third-order valence-corrected chi connectivity index (χ3v) is 14.2. The number of fused-ring (bicyclic) bond motifs is 4. The van der Waals surface area contributed by atoms with E-state index >= 15 is 4.79 Å². The molecular formula is C48H53NO13. The van der Waals surface area contributed by atoms with Crippen molar-refractivity contribution in [1.29, 1.82) is 0 Å². The first-order chi connectivity index (χ1) is 29.3. The van der Waals surface area contributed by atoms with Crippen LogP contribution in [0, 0.1) is 22.2 Å². The number of ether oxygens (including phenoxy) is 4. The minimum Gasteiger partial charge on any atom is -0.456 e. The van der Waals surface area contributed by atoms with Gasteiger partial charge in [-0.05, 0) is 68.2 Å². The van der Waals surface area contributed by atoms with E-state index in [1.807, 2.05) is 0 Å². The lowest BCUT2D eigenvalue weighted by Crippen LogP contribution is -2.70. The van der Waals surface area contributed by atoms with E-state index < -0.39 is 106 Å². The molecule has 3 aromatic rings. The quantitative estimate of drug-likeness (QED) is 0.127. The summed E-state index contributed by atoms with van der Waals surface area (Å²) in [6.45, 7) is 8.66. The minimum absolute atomic E-state index is 0.0353. The number of aliphatic hydroxyl groups excluding tert-OH is 2. The lowest BCUT2D eigenvalue weighted by Gasteiger charge is -2.60.